The van der Waals surface area contributed by atoms with Gasteiger partial charge < -0.3 is 15.4 Å². The third-order valence-electron chi connectivity index (χ3n) is 4.88. The molecule has 0 aromatic heterocycles. The number of carbonyl (C=O) groups is 2. The highest BCUT2D eigenvalue weighted by Gasteiger charge is 2.25. The number of nitrogens with zero attached hydrogens (tertiary/aromatic N) is 2. The summed E-state index contributed by atoms with van der Waals surface area (Å²) < 4.78 is 4.96. The SMILES string of the molecule is COCCCNC(=O)CN1CCN(CCNC(=O)C2CCC2)CC1. The number of rotatable bonds is 10. The van der Waals surface area contributed by atoms with Crippen molar-refractivity contribution in [2.45, 2.75) is 25.7 Å². The maximum Gasteiger partial charge on any atom is 0.234 e. The van der Waals surface area contributed by atoms with Gasteiger partial charge in [-0.2, -0.15) is 0 Å². The van der Waals surface area contributed by atoms with Crippen LogP contribution in [0.15, 0.2) is 0 Å². The Morgan fingerprint density at radius 2 is 1.75 bits per heavy atom. The Hall–Kier alpha value is -1.18. The highest BCUT2D eigenvalue weighted by molar-refractivity contribution is 5.79. The van der Waals surface area contributed by atoms with Gasteiger partial charge in [-0.15, -0.1) is 0 Å². The lowest BCUT2D eigenvalue weighted by Crippen LogP contribution is -2.51. The molecule has 7 nitrogen and oxygen atoms in total. The number of hydrogen-bond donors (Lipinski definition) is 2. The number of hydrogen-bond acceptors (Lipinski definition) is 5. The Balaban J connectivity index is 1.49. The minimum Gasteiger partial charge on any atom is -0.385 e. The molecule has 1 aliphatic heterocycles. The fraction of sp³-hybridized carbons (Fsp3) is 0.882. The van der Waals surface area contributed by atoms with Gasteiger partial charge in [0.25, 0.3) is 0 Å². The number of amides is 2. The van der Waals surface area contributed by atoms with Crippen LogP contribution in [0.2, 0.25) is 0 Å². The quantitative estimate of drug-likeness (QED) is 0.533. The van der Waals surface area contributed by atoms with Crippen molar-refractivity contribution in [2.24, 2.45) is 5.92 Å². The summed E-state index contributed by atoms with van der Waals surface area (Å²) in [5.41, 5.74) is 0. The second-order valence-electron chi connectivity index (χ2n) is 6.73. The van der Waals surface area contributed by atoms with Crippen molar-refractivity contribution >= 4 is 11.8 Å². The van der Waals surface area contributed by atoms with Crippen LogP contribution in [0, 0.1) is 5.92 Å². The van der Waals surface area contributed by atoms with Gasteiger partial charge in [-0.3, -0.25) is 19.4 Å². The zero-order valence-corrected chi connectivity index (χ0v) is 14.9. The summed E-state index contributed by atoms with van der Waals surface area (Å²) in [5, 5.41) is 5.96. The number of piperazine rings is 1. The van der Waals surface area contributed by atoms with Crippen LogP contribution < -0.4 is 10.6 Å². The lowest BCUT2D eigenvalue weighted by Gasteiger charge is -2.34. The molecule has 2 fully saturated rings. The molecule has 1 saturated carbocycles. The first kappa shape index (κ1) is 19.1. The molecule has 1 aliphatic carbocycles. The highest BCUT2D eigenvalue weighted by atomic mass is 16.5. The van der Waals surface area contributed by atoms with Gasteiger partial charge in [0.05, 0.1) is 6.54 Å². The normalized spacial score (nSPS) is 19.7. The summed E-state index contributed by atoms with van der Waals surface area (Å²) in [6.07, 6.45) is 4.15. The van der Waals surface area contributed by atoms with Gasteiger partial charge in [0, 0.05) is 65.4 Å². The highest BCUT2D eigenvalue weighted by Crippen LogP contribution is 2.25. The van der Waals surface area contributed by atoms with Gasteiger partial charge in [-0.25, -0.2) is 0 Å². The largest absolute Gasteiger partial charge is 0.385 e. The van der Waals surface area contributed by atoms with Crippen molar-refractivity contribution < 1.29 is 14.3 Å². The third-order valence-corrected chi connectivity index (χ3v) is 4.88. The summed E-state index contributed by atoms with van der Waals surface area (Å²) in [6.45, 7) is 7.17. The van der Waals surface area contributed by atoms with E-state index in [-0.39, 0.29) is 17.7 Å². The smallest absolute Gasteiger partial charge is 0.234 e. The molecule has 2 amide bonds. The predicted molar refractivity (Wildman–Crippen MR) is 92.7 cm³/mol. The number of methoxy groups -OCH3 is 1. The van der Waals surface area contributed by atoms with Crippen LogP contribution in [0.4, 0.5) is 0 Å². The molecule has 0 unspecified atom stereocenters. The van der Waals surface area contributed by atoms with Crippen LogP contribution in [0.25, 0.3) is 0 Å². The van der Waals surface area contributed by atoms with Crippen molar-refractivity contribution in [1.29, 1.82) is 0 Å². The maximum atomic E-state index is 11.8. The van der Waals surface area contributed by atoms with Crippen molar-refractivity contribution in [3.63, 3.8) is 0 Å². The molecule has 7 heteroatoms. The monoisotopic (exact) mass is 340 g/mol. The van der Waals surface area contributed by atoms with E-state index in [1.807, 2.05) is 0 Å². The molecule has 0 aromatic rings. The van der Waals surface area contributed by atoms with E-state index in [9.17, 15) is 9.59 Å². The molecule has 1 saturated heterocycles. The van der Waals surface area contributed by atoms with Crippen LogP contribution in [-0.4, -0.2) is 87.7 Å². The van der Waals surface area contributed by atoms with Gasteiger partial charge in [0.1, 0.15) is 0 Å². The van der Waals surface area contributed by atoms with E-state index in [4.69, 9.17) is 4.74 Å². The average molecular weight is 340 g/mol. The van der Waals surface area contributed by atoms with Crippen LogP contribution in [0.3, 0.4) is 0 Å². The summed E-state index contributed by atoms with van der Waals surface area (Å²) >= 11 is 0. The summed E-state index contributed by atoms with van der Waals surface area (Å²) in [4.78, 5) is 28.2. The summed E-state index contributed by atoms with van der Waals surface area (Å²) in [5.74, 6) is 0.585. The molecule has 0 radical (unpaired) electrons. The van der Waals surface area contributed by atoms with Gasteiger partial charge >= 0.3 is 0 Å². The molecule has 2 rings (SSSR count). The molecule has 0 spiro atoms. The van der Waals surface area contributed by atoms with Crippen molar-refractivity contribution in [3.8, 4) is 0 Å². The first-order valence-corrected chi connectivity index (χ1v) is 9.17. The minimum absolute atomic E-state index is 0.0901. The lowest BCUT2D eigenvalue weighted by atomic mass is 9.85. The van der Waals surface area contributed by atoms with E-state index in [0.717, 1.165) is 58.5 Å². The van der Waals surface area contributed by atoms with E-state index in [1.54, 1.807) is 7.11 Å². The number of nitrogens with one attached hydrogen (secondary N) is 2. The molecule has 2 aliphatic rings. The molecule has 24 heavy (non-hydrogen) atoms. The fourth-order valence-electron chi connectivity index (χ4n) is 3.03. The fourth-order valence-corrected chi connectivity index (χ4v) is 3.03. The molecule has 0 atom stereocenters. The Labute approximate surface area is 145 Å². The predicted octanol–water partition coefficient (Wildman–Crippen LogP) is -0.327. The first-order valence-electron chi connectivity index (χ1n) is 9.17. The van der Waals surface area contributed by atoms with Crippen LogP contribution in [-0.2, 0) is 14.3 Å². The van der Waals surface area contributed by atoms with Gasteiger partial charge in [-0.1, -0.05) is 6.42 Å². The summed E-state index contributed by atoms with van der Waals surface area (Å²) in [7, 11) is 1.67. The third kappa shape index (κ3) is 6.75. The van der Waals surface area contributed by atoms with Crippen LogP contribution in [0.5, 0.6) is 0 Å². The van der Waals surface area contributed by atoms with E-state index >= 15 is 0 Å². The van der Waals surface area contributed by atoms with Gasteiger partial charge in [0.2, 0.25) is 11.8 Å². The lowest BCUT2D eigenvalue weighted by molar-refractivity contribution is -0.127. The summed E-state index contributed by atoms with van der Waals surface area (Å²) in [6, 6.07) is 0. The zero-order chi connectivity index (χ0) is 17.2. The van der Waals surface area contributed by atoms with E-state index in [0.29, 0.717) is 19.7 Å². The zero-order valence-electron chi connectivity index (χ0n) is 14.9. The van der Waals surface area contributed by atoms with E-state index in [2.05, 4.69) is 20.4 Å². The minimum atomic E-state index is 0.0901. The first-order chi connectivity index (χ1) is 11.7. The second-order valence-corrected chi connectivity index (χ2v) is 6.73. The van der Waals surface area contributed by atoms with Crippen molar-refractivity contribution in [3.05, 3.63) is 0 Å². The van der Waals surface area contributed by atoms with Crippen LogP contribution >= 0.6 is 0 Å². The van der Waals surface area contributed by atoms with Gasteiger partial charge in [0.15, 0.2) is 0 Å². The van der Waals surface area contributed by atoms with Crippen molar-refractivity contribution in [2.75, 3.05) is 66.1 Å². The topological polar surface area (TPSA) is 73.9 Å². The molecular formula is C17H32N4O3. The van der Waals surface area contributed by atoms with E-state index in [1.165, 1.54) is 6.42 Å². The number of carbonyl (C=O) groups excluding carboxylic acids is 2. The van der Waals surface area contributed by atoms with Crippen LogP contribution in [0.1, 0.15) is 25.7 Å². The van der Waals surface area contributed by atoms with Gasteiger partial charge in [-0.05, 0) is 19.3 Å². The molecule has 138 valence electrons. The van der Waals surface area contributed by atoms with E-state index < -0.39 is 0 Å². The molecule has 1 heterocycles. The standard InChI is InChI=1S/C17H32N4O3/c1-24-13-3-6-18-16(22)14-21-11-9-20(10-12-21)8-7-19-17(23)15-4-2-5-15/h15H,2-14H2,1H3,(H,18,22)(H,19,23). The molecule has 0 aromatic carbocycles. The Morgan fingerprint density at radius 3 is 2.38 bits per heavy atom. The molecule has 0 bridgehead atoms. The Morgan fingerprint density at radius 1 is 1.04 bits per heavy atom. The maximum absolute atomic E-state index is 11.8. The number of ether oxygens (including phenoxy) is 1. The molecular weight excluding hydrogens is 308 g/mol. The second kappa shape index (κ2) is 10.6. The average Bonchev–Trinajstić information content (AvgIpc) is 2.52. The Bertz CT molecular complexity index is 393. The van der Waals surface area contributed by atoms with Crippen molar-refractivity contribution in [1.82, 2.24) is 20.4 Å². The molecule has 2 N–H and O–H groups in total. The Kier molecular flexibility index (Phi) is 8.49.